The molecule has 11 heteroatoms. The number of benzene rings is 2. The van der Waals surface area contributed by atoms with Crippen LogP contribution in [0.3, 0.4) is 0 Å². The number of hydrogen-bond donors (Lipinski definition) is 1. The molecule has 202 valence electrons. The molecule has 2 heterocycles. The number of amides is 1. The molecule has 0 saturated carbocycles. The summed E-state index contributed by atoms with van der Waals surface area (Å²) < 4.78 is 17.9. The van der Waals surface area contributed by atoms with E-state index in [1.54, 1.807) is 13.2 Å². The summed E-state index contributed by atoms with van der Waals surface area (Å²) in [5.74, 6) is 1.25. The molecule has 0 spiro atoms. The van der Waals surface area contributed by atoms with Gasteiger partial charge < -0.3 is 19.5 Å². The normalized spacial score (nSPS) is 10.6. The third-order valence-corrected chi connectivity index (χ3v) is 7.49. The fourth-order valence-electron chi connectivity index (χ4n) is 3.85. The summed E-state index contributed by atoms with van der Waals surface area (Å²) >= 11 is 2.50. The first-order valence-corrected chi connectivity index (χ1v) is 13.9. The Morgan fingerprint density at radius 1 is 1.10 bits per heavy atom. The Morgan fingerprint density at radius 3 is 2.56 bits per heavy atom. The average molecular weight is 565 g/mol. The molecular weight excluding hydrogens is 536 g/mol. The molecule has 2 aromatic carbocycles. The number of thiophene rings is 1. The van der Waals surface area contributed by atoms with Crippen molar-refractivity contribution in [1.29, 1.82) is 0 Å². The molecule has 9 nitrogen and oxygen atoms in total. The molecular formula is C28H28N4O5S2. The van der Waals surface area contributed by atoms with Gasteiger partial charge in [0.1, 0.15) is 22.1 Å². The fraction of sp³-hybridized carbons (Fsp3) is 0.214. The summed E-state index contributed by atoms with van der Waals surface area (Å²) in [6.45, 7) is 6.74. The predicted molar refractivity (Wildman–Crippen MR) is 154 cm³/mol. The molecule has 2 aromatic heterocycles. The molecule has 0 atom stereocenters. The van der Waals surface area contributed by atoms with Gasteiger partial charge in [0.15, 0.2) is 11.0 Å². The number of para-hydroxylation sites is 1. The van der Waals surface area contributed by atoms with Crippen LogP contribution in [-0.4, -0.2) is 53.2 Å². The number of rotatable bonds is 12. The van der Waals surface area contributed by atoms with Crippen molar-refractivity contribution in [2.75, 3.05) is 31.9 Å². The lowest BCUT2D eigenvalue weighted by Gasteiger charge is -2.12. The number of aromatic nitrogens is 3. The first-order chi connectivity index (χ1) is 19.0. The van der Waals surface area contributed by atoms with Crippen LogP contribution in [0.15, 0.2) is 71.7 Å². The van der Waals surface area contributed by atoms with E-state index in [0.29, 0.717) is 51.8 Å². The van der Waals surface area contributed by atoms with E-state index in [1.165, 1.54) is 30.2 Å². The van der Waals surface area contributed by atoms with Gasteiger partial charge in [-0.3, -0.25) is 9.36 Å². The molecule has 0 unspecified atom stereocenters. The second-order valence-electron chi connectivity index (χ2n) is 8.05. The van der Waals surface area contributed by atoms with Crippen LogP contribution in [0.5, 0.6) is 11.5 Å². The number of hydrogen-bond acceptors (Lipinski definition) is 9. The third-order valence-electron chi connectivity index (χ3n) is 5.62. The van der Waals surface area contributed by atoms with Crippen LogP contribution < -0.4 is 14.8 Å². The summed E-state index contributed by atoms with van der Waals surface area (Å²) in [4.78, 5) is 25.6. The summed E-state index contributed by atoms with van der Waals surface area (Å²) in [5.41, 5.74) is 2.58. The Labute approximate surface area is 234 Å². The molecule has 0 radical (unpaired) electrons. The van der Waals surface area contributed by atoms with Gasteiger partial charge in [-0.05, 0) is 36.8 Å². The van der Waals surface area contributed by atoms with Gasteiger partial charge in [-0.2, -0.15) is 0 Å². The Morgan fingerprint density at radius 2 is 1.87 bits per heavy atom. The van der Waals surface area contributed by atoms with Crippen LogP contribution in [0.4, 0.5) is 5.00 Å². The van der Waals surface area contributed by atoms with Gasteiger partial charge in [-0.25, -0.2) is 4.79 Å². The summed E-state index contributed by atoms with van der Waals surface area (Å²) in [7, 11) is 2.90. The van der Waals surface area contributed by atoms with Crippen LogP contribution in [0.2, 0.25) is 0 Å². The largest absolute Gasteiger partial charge is 0.497 e. The van der Waals surface area contributed by atoms with E-state index in [2.05, 4.69) is 22.1 Å². The van der Waals surface area contributed by atoms with Crippen molar-refractivity contribution in [3.63, 3.8) is 0 Å². The Hall–Kier alpha value is -4.09. The van der Waals surface area contributed by atoms with Crippen LogP contribution in [0.1, 0.15) is 17.3 Å². The molecule has 4 aromatic rings. The number of carbonyl (C=O) groups excluding carboxylic acids is 2. The zero-order valence-corrected chi connectivity index (χ0v) is 23.4. The molecule has 0 saturated heterocycles. The first kappa shape index (κ1) is 27.9. The Balaban J connectivity index is 1.53. The Bertz CT molecular complexity index is 1460. The van der Waals surface area contributed by atoms with Crippen LogP contribution in [0, 0.1) is 0 Å². The standard InChI is InChI=1S/C28H28N4O5S2/c1-5-15-32-25(20-9-7-8-10-22(20)37-6-2)30-31-28(32)39-17-23(33)29-26-24(27(34)36-4)21(16-38-26)18-11-13-19(35-3)14-12-18/h5,7-14,16H,1,6,15,17H2,2-4H3,(H,29,33). The number of methoxy groups -OCH3 is 2. The number of nitrogens with one attached hydrogen (secondary N) is 1. The highest BCUT2D eigenvalue weighted by Crippen LogP contribution is 2.37. The quantitative estimate of drug-likeness (QED) is 0.131. The summed E-state index contributed by atoms with van der Waals surface area (Å²) in [5, 5.41) is 14.3. The highest BCUT2D eigenvalue weighted by atomic mass is 32.2. The van der Waals surface area contributed by atoms with E-state index in [9.17, 15) is 9.59 Å². The van der Waals surface area contributed by atoms with Crippen molar-refractivity contribution in [1.82, 2.24) is 14.8 Å². The number of esters is 1. The monoisotopic (exact) mass is 564 g/mol. The maximum atomic E-state index is 13.0. The predicted octanol–water partition coefficient (Wildman–Crippen LogP) is 5.78. The van der Waals surface area contributed by atoms with Crippen molar-refractivity contribution in [3.8, 4) is 34.0 Å². The van der Waals surface area contributed by atoms with Crippen molar-refractivity contribution >= 4 is 40.0 Å². The minimum absolute atomic E-state index is 0.0543. The number of anilines is 1. The van der Waals surface area contributed by atoms with Gasteiger partial charge in [-0.1, -0.05) is 42.1 Å². The van der Waals surface area contributed by atoms with E-state index in [0.717, 1.165) is 11.1 Å². The fourth-order valence-corrected chi connectivity index (χ4v) is 5.57. The maximum Gasteiger partial charge on any atom is 0.341 e. The smallest absolute Gasteiger partial charge is 0.341 e. The van der Waals surface area contributed by atoms with Crippen molar-refractivity contribution in [2.45, 2.75) is 18.6 Å². The highest BCUT2D eigenvalue weighted by molar-refractivity contribution is 7.99. The number of thioether (sulfide) groups is 1. The van der Waals surface area contributed by atoms with Crippen LogP contribution >= 0.6 is 23.1 Å². The van der Waals surface area contributed by atoms with Gasteiger partial charge in [0.2, 0.25) is 5.91 Å². The second kappa shape index (κ2) is 13.1. The molecule has 0 aliphatic carbocycles. The molecule has 0 aliphatic rings. The summed E-state index contributed by atoms with van der Waals surface area (Å²) in [6, 6.07) is 14.9. The lowest BCUT2D eigenvalue weighted by atomic mass is 10.0. The average Bonchev–Trinajstić information content (AvgIpc) is 3.56. The van der Waals surface area contributed by atoms with Crippen molar-refractivity contribution in [2.24, 2.45) is 0 Å². The van der Waals surface area contributed by atoms with Gasteiger partial charge >= 0.3 is 5.97 Å². The lowest BCUT2D eigenvalue weighted by molar-refractivity contribution is -0.113. The van der Waals surface area contributed by atoms with Crippen molar-refractivity contribution in [3.05, 3.63) is 72.1 Å². The topological polar surface area (TPSA) is 105 Å². The van der Waals surface area contributed by atoms with Crippen LogP contribution in [-0.2, 0) is 16.1 Å². The molecule has 0 bridgehead atoms. The minimum atomic E-state index is -0.534. The minimum Gasteiger partial charge on any atom is -0.497 e. The molecule has 0 fully saturated rings. The number of nitrogens with zero attached hydrogens (tertiary/aromatic N) is 3. The zero-order valence-electron chi connectivity index (χ0n) is 21.8. The van der Waals surface area contributed by atoms with Crippen molar-refractivity contribution < 1.29 is 23.8 Å². The van der Waals surface area contributed by atoms with Gasteiger partial charge in [0.25, 0.3) is 0 Å². The lowest BCUT2D eigenvalue weighted by Crippen LogP contribution is -2.16. The molecule has 0 aliphatic heterocycles. The molecule has 1 N–H and O–H groups in total. The third kappa shape index (κ3) is 6.32. The molecule has 1 amide bonds. The van der Waals surface area contributed by atoms with Gasteiger partial charge in [0.05, 0.1) is 32.1 Å². The van der Waals surface area contributed by atoms with E-state index < -0.39 is 5.97 Å². The molecule has 39 heavy (non-hydrogen) atoms. The van der Waals surface area contributed by atoms with E-state index in [-0.39, 0.29) is 11.7 Å². The Kier molecular flexibility index (Phi) is 9.40. The van der Waals surface area contributed by atoms with Gasteiger partial charge in [-0.15, -0.1) is 28.1 Å². The second-order valence-corrected chi connectivity index (χ2v) is 9.87. The van der Waals surface area contributed by atoms with Gasteiger partial charge in [0, 0.05) is 17.5 Å². The maximum absolute atomic E-state index is 13.0. The van der Waals surface area contributed by atoms with E-state index in [1.807, 2.05) is 65.4 Å². The first-order valence-electron chi connectivity index (χ1n) is 12.0. The number of ether oxygens (including phenoxy) is 3. The zero-order chi connectivity index (χ0) is 27.8. The molecule has 4 rings (SSSR count). The van der Waals surface area contributed by atoms with E-state index >= 15 is 0 Å². The van der Waals surface area contributed by atoms with E-state index in [4.69, 9.17) is 14.2 Å². The van der Waals surface area contributed by atoms with Crippen LogP contribution in [0.25, 0.3) is 22.5 Å². The summed E-state index contributed by atoms with van der Waals surface area (Å²) in [6.07, 6.45) is 1.75. The number of carbonyl (C=O) groups is 2. The number of allylic oxidation sites excluding steroid dienone is 1. The highest BCUT2D eigenvalue weighted by Gasteiger charge is 2.23. The SMILES string of the molecule is C=CCn1c(SCC(=O)Nc2scc(-c3ccc(OC)cc3)c2C(=O)OC)nnc1-c1ccccc1OCC.